The Morgan fingerprint density at radius 3 is 1.59 bits per heavy atom. The second kappa shape index (κ2) is 13.7. The SMILES string of the molecule is CC1(C)c2ccccc2-c2c(-c3ccccc3N(c3ccc(-c4cccc5cccc(-c6ccccc6)c45)cc3)c3cccc(-c4ccccc4)c3)cccc21. The van der Waals surface area contributed by atoms with Crippen LogP contribution in [0.25, 0.3) is 66.4 Å². The maximum absolute atomic E-state index is 2.44. The molecule has 0 atom stereocenters. The van der Waals surface area contributed by atoms with Crippen LogP contribution in [0.3, 0.4) is 0 Å². The van der Waals surface area contributed by atoms with Gasteiger partial charge < -0.3 is 4.90 Å². The van der Waals surface area contributed by atoms with Gasteiger partial charge in [-0.1, -0.05) is 196 Å². The highest BCUT2D eigenvalue weighted by molar-refractivity contribution is 6.06. The molecule has 0 spiro atoms. The van der Waals surface area contributed by atoms with E-state index in [0.717, 1.165) is 17.1 Å². The molecule has 9 aromatic rings. The van der Waals surface area contributed by atoms with Crippen LogP contribution in [0.2, 0.25) is 0 Å². The third kappa shape index (κ3) is 5.63. The Bertz CT molecular complexity index is 2860. The first-order valence-corrected chi connectivity index (χ1v) is 19.5. The minimum absolute atomic E-state index is 0.0849. The molecule has 0 aromatic heterocycles. The monoisotopic (exact) mass is 715 g/mol. The van der Waals surface area contributed by atoms with E-state index in [9.17, 15) is 0 Å². The smallest absolute Gasteiger partial charge is 0.0540 e. The predicted octanol–water partition coefficient (Wildman–Crippen LogP) is 15.3. The molecule has 10 rings (SSSR count). The summed E-state index contributed by atoms with van der Waals surface area (Å²) in [6, 6.07) is 77.5. The first kappa shape index (κ1) is 33.6. The van der Waals surface area contributed by atoms with Crippen LogP contribution in [0.15, 0.2) is 212 Å². The molecule has 0 amide bonds. The summed E-state index contributed by atoms with van der Waals surface area (Å²) in [6.07, 6.45) is 0. The number of benzene rings is 9. The summed E-state index contributed by atoms with van der Waals surface area (Å²) in [5, 5.41) is 2.51. The van der Waals surface area contributed by atoms with Gasteiger partial charge in [0.05, 0.1) is 5.69 Å². The molecule has 1 aliphatic rings. The van der Waals surface area contributed by atoms with Crippen LogP contribution < -0.4 is 4.90 Å². The van der Waals surface area contributed by atoms with Gasteiger partial charge in [-0.05, 0) is 102 Å². The molecular weight excluding hydrogens is 675 g/mol. The molecule has 0 unspecified atom stereocenters. The molecule has 0 heterocycles. The van der Waals surface area contributed by atoms with Crippen LogP contribution in [-0.2, 0) is 5.41 Å². The van der Waals surface area contributed by atoms with Gasteiger partial charge in [0, 0.05) is 22.4 Å². The lowest BCUT2D eigenvalue weighted by atomic mass is 9.82. The number of rotatable bonds is 7. The van der Waals surface area contributed by atoms with Gasteiger partial charge >= 0.3 is 0 Å². The molecule has 0 fully saturated rings. The number of para-hydroxylation sites is 1. The summed E-state index contributed by atoms with van der Waals surface area (Å²) in [7, 11) is 0. The molecule has 0 saturated carbocycles. The quantitative estimate of drug-likeness (QED) is 0.159. The summed E-state index contributed by atoms with van der Waals surface area (Å²) in [5.74, 6) is 0. The Kier molecular flexibility index (Phi) is 8.23. The van der Waals surface area contributed by atoms with Crippen molar-refractivity contribution in [1.29, 1.82) is 0 Å². The van der Waals surface area contributed by atoms with Crippen molar-refractivity contribution in [3.05, 3.63) is 223 Å². The average molecular weight is 716 g/mol. The van der Waals surface area contributed by atoms with E-state index in [0.29, 0.717) is 0 Å². The van der Waals surface area contributed by atoms with Crippen molar-refractivity contribution in [2.45, 2.75) is 19.3 Å². The van der Waals surface area contributed by atoms with Gasteiger partial charge in [0.2, 0.25) is 0 Å². The van der Waals surface area contributed by atoms with Crippen LogP contribution in [-0.4, -0.2) is 0 Å². The first-order chi connectivity index (χ1) is 27.6. The highest BCUT2D eigenvalue weighted by Gasteiger charge is 2.37. The highest BCUT2D eigenvalue weighted by Crippen LogP contribution is 2.54. The predicted molar refractivity (Wildman–Crippen MR) is 238 cm³/mol. The van der Waals surface area contributed by atoms with Crippen molar-refractivity contribution in [3.63, 3.8) is 0 Å². The molecule has 0 bridgehead atoms. The van der Waals surface area contributed by atoms with Gasteiger partial charge in [0.15, 0.2) is 0 Å². The Labute approximate surface area is 329 Å². The van der Waals surface area contributed by atoms with Crippen LogP contribution in [0.5, 0.6) is 0 Å². The maximum atomic E-state index is 2.44. The van der Waals surface area contributed by atoms with Crippen molar-refractivity contribution in [3.8, 4) is 55.6 Å². The second-order valence-corrected chi connectivity index (χ2v) is 15.3. The lowest BCUT2D eigenvalue weighted by Gasteiger charge is -2.29. The third-order valence-electron chi connectivity index (χ3n) is 11.7. The van der Waals surface area contributed by atoms with Crippen LogP contribution in [0, 0.1) is 0 Å². The van der Waals surface area contributed by atoms with Crippen molar-refractivity contribution in [2.24, 2.45) is 0 Å². The lowest BCUT2D eigenvalue weighted by Crippen LogP contribution is -2.14. The number of nitrogens with zero attached hydrogens (tertiary/aromatic N) is 1. The van der Waals surface area contributed by atoms with E-state index in [1.54, 1.807) is 0 Å². The fourth-order valence-electron chi connectivity index (χ4n) is 8.99. The minimum atomic E-state index is -0.0849. The van der Waals surface area contributed by atoms with Gasteiger partial charge in [-0.15, -0.1) is 0 Å². The topological polar surface area (TPSA) is 3.24 Å². The highest BCUT2D eigenvalue weighted by atomic mass is 15.1. The number of fused-ring (bicyclic) bond motifs is 4. The fourth-order valence-corrected chi connectivity index (χ4v) is 8.99. The molecule has 1 aliphatic carbocycles. The normalized spacial score (nSPS) is 12.6. The van der Waals surface area contributed by atoms with E-state index in [1.165, 1.54) is 77.5 Å². The van der Waals surface area contributed by atoms with Crippen molar-refractivity contribution in [1.82, 2.24) is 0 Å². The van der Waals surface area contributed by atoms with E-state index in [4.69, 9.17) is 0 Å². The summed E-state index contributed by atoms with van der Waals surface area (Å²) in [6.45, 7) is 4.71. The standard InChI is InChI=1S/C55H41N/c1-55(2)50-30-11-9-26-49(50)54-48(29-16-31-51(54)55)47-25-10-12-32-52(47)56(44-24-13-23-42(37-44)38-17-5-3-6-18-38)43-35-33-40(34-36-43)46-28-15-22-41-21-14-27-45(53(41)46)39-19-7-4-8-20-39/h3-37H,1-2H3. The summed E-state index contributed by atoms with van der Waals surface area (Å²) >= 11 is 0. The van der Waals surface area contributed by atoms with Gasteiger partial charge in [0.25, 0.3) is 0 Å². The van der Waals surface area contributed by atoms with Crippen LogP contribution >= 0.6 is 0 Å². The van der Waals surface area contributed by atoms with E-state index >= 15 is 0 Å². The average Bonchev–Trinajstić information content (AvgIpc) is 3.50. The van der Waals surface area contributed by atoms with E-state index < -0.39 is 0 Å². The summed E-state index contributed by atoms with van der Waals surface area (Å²) < 4.78 is 0. The molecule has 9 aromatic carbocycles. The van der Waals surface area contributed by atoms with Gasteiger partial charge in [0.1, 0.15) is 0 Å². The van der Waals surface area contributed by atoms with Gasteiger partial charge in [-0.3, -0.25) is 0 Å². The van der Waals surface area contributed by atoms with Crippen molar-refractivity contribution in [2.75, 3.05) is 4.90 Å². The van der Waals surface area contributed by atoms with Gasteiger partial charge in [-0.2, -0.15) is 0 Å². The lowest BCUT2D eigenvalue weighted by molar-refractivity contribution is 0.660. The number of anilines is 3. The fraction of sp³-hybridized carbons (Fsp3) is 0.0545. The summed E-state index contributed by atoms with van der Waals surface area (Å²) in [5.41, 5.74) is 18.4. The van der Waals surface area contributed by atoms with Crippen molar-refractivity contribution < 1.29 is 0 Å². The summed E-state index contributed by atoms with van der Waals surface area (Å²) in [4.78, 5) is 2.44. The van der Waals surface area contributed by atoms with Crippen molar-refractivity contribution >= 4 is 27.8 Å². The Balaban J connectivity index is 1.16. The van der Waals surface area contributed by atoms with Gasteiger partial charge in [-0.25, -0.2) is 0 Å². The molecule has 56 heavy (non-hydrogen) atoms. The number of hydrogen-bond donors (Lipinski definition) is 0. The molecule has 0 saturated heterocycles. The largest absolute Gasteiger partial charge is 0.310 e. The Morgan fingerprint density at radius 1 is 0.339 bits per heavy atom. The maximum Gasteiger partial charge on any atom is 0.0540 e. The van der Waals surface area contributed by atoms with Crippen LogP contribution in [0.1, 0.15) is 25.0 Å². The third-order valence-corrected chi connectivity index (χ3v) is 11.7. The molecule has 1 nitrogen and oxygen atoms in total. The van der Waals surface area contributed by atoms with E-state index in [1.807, 2.05) is 0 Å². The number of hydrogen-bond acceptors (Lipinski definition) is 1. The van der Waals surface area contributed by atoms with E-state index in [-0.39, 0.29) is 5.41 Å². The molecule has 1 heteroatoms. The Hall–Kier alpha value is -6.96. The first-order valence-electron chi connectivity index (χ1n) is 19.5. The molecule has 0 N–H and O–H groups in total. The minimum Gasteiger partial charge on any atom is -0.310 e. The second-order valence-electron chi connectivity index (χ2n) is 15.3. The molecule has 0 aliphatic heterocycles. The molecular formula is C55H41N. The zero-order chi connectivity index (χ0) is 37.6. The molecule has 0 radical (unpaired) electrons. The Morgan fingerprint density at radius 2 is 0.857 bits per heavy atom. The van der Waals surface area contributed by atoms with Crippen LogP contribution in [0.4, 0.5) is 17.1 Å². The van der Waals surface area contributed by atoms with E-state index in [2.05, 4.69) is 231 Å². The molecule has 266 valence electrons. The zero-order valence-corrected chi connectivity index (χ0v) is 31.7. The zero-order valence-electron chi connectivity index (χ0n) is 31.7.